The van der Waals surface area contributed by atoms with Crippen LogP contribution in [0.5, 0.6) is 0 Å². The van der Waals surface area contributed by atoms with Crippen LogP contribution in [0.3, 0.4) is 0 Å². The smallest absolute Gasteiger partial charge is 0.429 e. The van der Waals surface area contributed by atoms with Crippen LogP contribution in [0.1, 0.15) is 33.6 Å². The van der Waals surface area contributed by atoms with Crippen LogP contribution in [0.4, 0.5) is 9.59 Å². The first-order valence-corrected chi connectivity index (χ1v) is 6.61. The molecule has 2 amide bonds. The molecule has 0 aliphatic carbocycles. The third kappa shape index (κ3) is 6.77. The van der Waals surface area contributed by atoms with E-state index in [1.165, 1.54) is 12.2 Å². The first kappa shape index (κ1) is 17.9. The van der Waals surface area contributed by atoms with Crippen LogP contribution in [0, 0.1) is 0 Å². The molecule has 0 aromatic carbocycles. The maximum atomic E-state index is 11.9. The molecule has 0 heterocycles. The van der Waals surface area contributed by atoms with Gasteiger partial charge < -0.3 is 9.47 Å². The monoisotopic (exact) mass is 286 g/mol. The van der Waals surface area contributed by atoms with E-state index in [4.69, 9.17) is 9.47 Å². The Morgan fingerprint density at radius 2 is 1.85 bits per heavy atom. The Bertz CT molecular complexity index is 344. The number of amides is 2. The van der Waals surface area contributed by atoms with Crippen molar-refractivity contribution >= 4 is 18.5 Å². The summed E-state index contributed by atoms with van der Waals surface area (Å²) in [4.78, 5) is 33.8. The van der Waals surface area contributed by atoms with Gasteiger partial charge in [0.25, 0.3) is 0 Å². The van der Waals surface area contributed by atoms with Crippen LogP contribution in [0.2, 0.25) is 0 Å². The third-order valence-corrected chi connectivity index (χ3v) is 2.28. The SMILES string of the molecule is CCC[C@@H](/C=C/C=O)N(NC(=O)OCC)C(=O)OCC. The summed E-state index contributed by atoms with van der Waals surface area (Å²) >= 11 is 0. The summed E-state index contributed by atoms with van der Waals surface area (Å²) in [5.41, 5.74) is 2.33. The van der Waals surface area contributed by atoms with E-state index in [0.29, 0.717) is 12.7 Å². The van der Waals surface area contributed by atoms with Gasteiger partial charge in [-0.2, -0.15) is 0 Å². The zero-order chi connectivity index (χ0) is 15.4. The van der Waals surface area contributed by atoms with Gasteiger partial charge in [-0.15, -0.1) is 0 Å². The van der Waals surface area contributed by atoms with Crippen molar-refractivity contribution in [3.63, 3.8) is 0 Å². The number of carbonyl (C=O) groups is 3. The number of hydrogen-bond acceptors (Lipinski definition) is 5. The predicted molar refractivity (Wildman–Crippen MR) is 72.9 cm³/mol. The lowest BCUT2D eigenvalue weighted by molar-refractivity contribution is -0.104. The maximum Gasteiger partial charge on any atom is 0.429 e. The topological polar surface area (TPSA) is 84.9 Å². The van der Waals surface area contributed by atoms with E-state index in [-0.39, 0.29) is 13.2 Å². The summed E-state index contributed by atoms with van der Waals surface area (Å²) < 4.78 is 9.63. The van der Waals surface area contributed by atoms with Gasteiger partial charge in [0, 0.05) is 0 Å². The van der Waals surface area contributed by atoms with Crippen molar-refractivity contribution in [2.24, 2.45) is 0 Å². The summed E-state index contributed by atoms with van der Waals surface area (Å²) in [6.45, 7) is 5.61. The molecule has 114 valence electrons. The van der Waals surface area contributed by atoms with Crippen molar-refractivity contribution in [3.05, 3.63) is 12.2 Å². The number of hydrazine groups is 1. The van der Waals surface area contributed by atoms with Crippen LogP contribution in [-0.2, 0) is 14.3 Å². The number of carbonyl (C=O) groups excluding carboxylic acids is 3. The van der Waals surface area contributed by atoms with Gasteiger partial charge >= 0.3 is 12.2 Å². The lowest BCUT2D eigenvalue weighted by Crippen LogP contribution is -2.51. The molecule has 7 heteroatoms. The summed E-state index contributed by atoms with van der Waals surface area (Å²) in [6, 6.07) is -0.478. The van der Waals surface area contributed by atoms with Gasteiger partial charge in [0.1, 0.15) is 6.29 Å². The third-order valence-electron chi connectivity index (χ3n) is 2.28. The Morgan fingerprint density at radius 1 is 1.20 bits per heavy atom. The second kappa shape index (κ2) is 10.8. The average Bonchev–Trinajstić information content (AvgIpc) is 2.41. The lowest BCUT2D eigenvalue weighted by atomic mass is 10.1. The molecule has 0 aliphatic rings. The van der Waals surface area contributed by atoms with Crippen molar-refractivity contribution < 1.29 is 23.9 Å². The highest BCUT2D eigenvalue weighted by atomic mass is 16.6. The molecule has 1 atom stereocenters. The molecular weight excluding hydrogens is 264 g/mol. The number of allylic oxidation sites excluding steroid dienone is 1. The molecule has 1 N–H and O–H groups in total. The quantitative estimate of drug-likeness (QED) is 0.440. The summed E-state index contributed by atoms with van der Waals surface area (Å²) in [6.07, 6.45) is 3.29. The van der Waals surface area contributed by atoms with Gasteiger partial charge in [-0.05, 0) is 26.3 Å². The van der Waals surface area contributed by atoms with Crippen LogP contribution >= 0.6 is 0 Å². The van der Waals surface area contributed by atoms with Gasteiger partial charge in [0.2, 0.25) is 0 Å². The second-order valence-corrected chi connectivity index (χ2v) is 3.78. The lowest BCUT2D eigenvalue weighted by Gasteiger charge is -2.28. The molecule has 0 rings (SSSR count). The molecule has 0 radical (unpaired) electrons. The minimum atomic E-state index is -0.749. The summed E-state index contributed by atoms with van der Waals surface area (Å²) in [5, 5.41) is 1.03. The van der Waals surface area contributed by atoms with Crippen LogP contribution in [0.25, 0.3) is 0 Å². The Kier molecular flexibility index (Phi) is 9.72. The van der Waals surface area contributed by atoms with E-state index in [2.05, 4.69) is 5.43 Å². The normalized spacial score (nSPS) is 11.8. The standard InChI is InChI=1S/C13H22N2O5/c1-4-8-11(9-7-10-16)15(13(18)20-6-3)14-12(17)19-5-2/h7,9-11H,4-6,8H2,1-3H3,(H,14,17)/b9-7+/t11-/m0/s1. The van der Waals surface area contributed by atoms with E-state index in [1.807, 2.05) is 6.92 Å². The summed E-state index contributed by atoms with van der Waals surface area (Å²) in [5.74, 6) is 0. The Hall–Kier alpha value is -2.05. The first-order chi connectivity index (χ1) is 9.60. The molecule has 0 bridgehead atoms. The average molecular weight is 286 g/mol. The van der Waals surface area contributed by atoms with E-state index in [1.54, 1.807) is 13.8 Å². The molecule has 0 spiro atoms. The van der Waals surface area contributed by atoms with Crippen molar-refractivity contribution in [1.82, 2.24) is 10.4 Å². The first-order valence-electron chi connectivity index (χ1n) is 6.61. The highest BCUT2D eigenvalue weighted by Crippen LogP contribution is 2.09. The molecule has 0 unspecified atom stereocenters. The number of rotatable bonds is 7. The highest BCUT2D eigenvalue weighted by molar-refractivity contribution is 5.74. The van der Waals surface area contributed by atoms with Crippen LogP contribution in [-0.4, -0.2) is 42.7 Å². The summed E-state index contributed by atoms with van der Waals surface area (Å²) in [7, 11) is 0. The van der Waals surface area contributed by atoms with Gasteiger partial charge in [0.05, 0.1) is 19.3 Å². The number of aldehydes is 1. The highest BCUT2D eigenvalue weighted by Gasteiger charge is 2.25. The minimum absolute atomic E-state index is 0.177. The fraction of sp³-hybridized carbons (Fsp3) is 0.615. The van der Waals surface area contributed by atoms with Crippen LogP contribution < -0.4 is 5.43 Å². The number of nitrogens with one attached hydrogen (secondary N) is 1. The fourth-order valence-corrected chi connectivity index (χ4v) is 1.50. The fourth-order valence-electron chi connectivity index (χ4n) is 1.50. The molecule has 7 nitrogen and oxygen atoms in total. The Balaban J connectivity index is 5.01. The molecule has 0 fully saturated rings. The van der Waals surface area contributed by atoms with Crippen molar-refractivity contribution in [3.8, 4) is 0 Å². The minimum Gasteiger partial charge on any atom is -0.449 e. The largest absolute Gasteiger partial charge is 0.449 e. The second-order valence-electron chi connectivity index (χ2n) is 3.78. The van der Waals surface area contributed by atoms with E-state index < -0.39 is 18.2 Å². The van der Waals surface area contributed by atoms with Crippen molar-refractivity contribution in [1.29, 1.82) is 0 Å². The van der Waals surface area contributed by atoms with E-state index in [9.17, 15) is 14.4 Å². The zero-order valence-electron chi connectivity index (χ0n) is 12.1. The van der Waals surface area contributed by atoms with Crippen molar-refractivity contribution in [2.75, 3.05) is 13.2 Å². The molecule has 0 saturated heterocycles. The van der Waals surface area contributed by atoms with Gasteiger partial charge in [-0.25, -0.2) is 20.0 Å². The molecule has 0 saturated carbocycles. The molecule has 20 heavy (non-hydrogen) atoms. The zero-order valence-corrected chi connectivity index (χ0v) is 12.1. The van der Waals surface area contributed by atoms with Crippen molar-refractivity contribution in [2.45, 2.75) is 39.7 Å². The Labute approximate surface area is 118 Å². The Morgan fingerprint density at radius 3 is 2.35 bits per heavy atom. The van der Waals surface area contributed by atoms with Gasteiger partial charge in [0.15, 0.2) is 0 Å². The van der Waals surface area contributed by atoms with Gasteiger partial charge in [-0.1, -0.05) is 19.4 Å². The molecule has 0 aromatic rings. The van der Waals surface area contributed by atoms with Crippen LogP contribution in [0.15, 0.2) is 12.2 Å². The molecular formula is C13H22N2O5. The molecule has 0 aliphatic heterocycles. The molecule has 0 aromatic heterocycles. The number of hydrogen-bond donors (Lipinski definition) is 1. The maximum absolute atomic E-state index is 11.9. The van der Waals surface area contributed by atoms with Gasteiger partial charge in [-0.3, -0.25) is 4.79 Å². The number of ether oxygens (including phenoxy) is 2. The van der Waals surface area contributed by atoms with E-state index in [0.717, 1.165) is 11.4 Å². The predicted octanol–water partition coefficient (Wildman–Crippen LogP) is 2.03. The number of nitrogens with zero attached hydrogens (tertiary/aromatic N) is 1. The van der Waals surface area contributed by atoms with E-state index >= 15 is 0 Å².